The second-order valence-corrected chi connectivity index (χ2v) is 10.0. The van der Waals surface area contributed by atoms with Gasteiger partial charge in [0.25, 0.3) is 0 Å². The smallest absolute Gasteiger partial charge is 0.303 e. The summed E-state index contributed by atoms with van der Waals surface area (Å²) in [7, 11) is 1.69. The van der Waals surface area contributed by atoms with E-state index in [1.165, 1.54) is 6.33 Å². The van der Waals surface area contributed by atoms with Crippen LogP contribution in [0.1, 0.15) is 29.7 Å². The average Bonchev–Trinajstić information content (AvgIpc) is 3.39. The lowest BCUT2D eigenvalue weighted by Gasteiger charge is -2.27. The lowest BCUT2D eigenvalue weighted by atomic mass is 10.0. The molecule has 0 saturated carbocycles. The number of aryl methyl sites for hydroxylation is 1. The number of piperazine rings is 1. The van der Waals surface area contributed by atoms with E-state index in [9.17, 15) is 9.90 Å². The number of carbonyl (C=O) groups is 1. The number of thiophene rings is 1. The van der Waals surface area contributed by atoms with Gasteiger partial charge in [0, 0.05) is 49.6 Å². The Morgan fingerprint density at radius 3 is 2.83 bits per heavy atom. The number of ether oxygens (including phenoxy) is 1. The molecule has 1 aromatic carbocycles. The fourth-order valence-electron chi connectivity index (χ4n) is 4.95. The normalized spacial score (nSPS) is 14.7. The molecule has 0 bridgehead atoms. The minimum Gasteiger partial charge on any atom is -0.495 e. The van der Waals surface area contributed by atoms with Crippen molar-refractivity contribution in [2.75, 3.05) is 39.0 Å². The van der Waals surface area contributed by atoms with Gasteiger partial charge in [-0.15, -0.1) is 11.3 Å². The van der Waals surface area contributed by atoms with E-state index in [1.807, 2.05) is 10.6 Å². The zero-order valence-corrected chi connectivity index (χ0v) is 20.8. The second-order valence-electron chi connectivity index (χ2n) is 8.98. The number of rotatable bonds is 8. The fourth-order valence-corrected chi connectivity index (χ4v) is 6.16. The van der Waals surface area contributed by atoms with Gasteiger partial charge in [0.15, 0.2) is 5.82 Å². The highest BCUT2D eigenvalue weighted by Crippen LogP contribution is 2.44. The third kappa shape index (κ3) is 4.56. The fraction of sp³-hybridized carbons (Fsp3) is 0.400. The van der Waals surface area contributed by atoms with E-state index in [-0.39, 0.29) is 6.42 Å². The lowest BCUT2D eigenvalue weighted by molar-refractivity contribution is -0.137. The molecule has 1 saturated heterocycles. The number of anilines is 1. The summed E-state index contributed by atoms with van der Waals surface area (Å²) in [6.45, 7) is 6.54. The van der Waals surface area contributed by atoms with Crippen molar-refractivity contribution in [3.8, 4) is 16.2 Å². The highest BCUT2D eigenvalue weighted by Gasteiger charge is 2.26. The van der Waals surface area contributed by atoms with E-state index in [4.69, 9.17) is 10.5 Å². The minimum absolute atomic E-state index is 0.110. The van der Waals surface area contributed by atoms with Crippen LogP contribution < -0.4 is 15.8 Å². The monoisotopic (exact) mass is 494 g/mol. The largest absolute Gasteiger partial charge is 0.495 e. The number of methoxy groups -OCH3 is 1. The molecule has 0 atom stereocenters. The first-order valence-corrected chi connectivity index (χ1v) is 12.6. The van der Waals surface area contributed by atoms with Gasteiger partial charge in [0.05, 0.1) is 17.5 Å². The average molecular weight is 495 g/mol. The Morgan fingerprint density at radius 2 is 2.09 bits per heavy atom. The number of carboxylic acid groups (broad SMARTS) is 1. The number of hydrogen-bond acceptors (Lipinski definition) is 8. The summed E-state index contributed by atoms with van der Waals surface area (Å²) in [5, 5.41) is 18.4. The molecular formula is C25H30N6O3S. The number of hydrogen-bond donors (Lipinski definition) is 3. The van der Waals surface area contributed by atoms with Crippen LogP contribution in [0, 0.1) is 6.92 Å². The predicted octanol–water partition coefficient (Wildman–Crippen LogP) is 3.32. The number of aromatic nitrogens is 3. The van der Waals surface area contributed by atoms with Crippen LogP contribution in [0.5, 0.6) is 5.75 Å². The summed E-state index contributed by atoms with van der Waals surface area (Å²) < 4.78 is 8.67. The molecule has 0 amide bonds. The molecule has 5 rings (SSSR count). The Morgan fingerprint density at radius 1 is 1.29 bits per heavy atom. The van der Waals surface area contributed by atoms with Crippen molar-refractivity contribution >= 4 is 38.7 Å². The summed E-state index contributed by atoms with van der Waals surface area (Å²) in [6, 6.07) is 6.37. The molecule has 4 aromatic rings. The van der Waals surface area contributed by atoms with Gasteiger partial charge in [0.1, 0.15) is 17.6 Å². The molecule has 1 aliphatic heterocycles. The molecule has 0 aliphatic carbocycles. The van der Waals surface area contributed by atoms with Gasteiger partial charge in [-0.1, -0.05) is 6.07 Å². The van der Waals surface area contributed by atoms with Crippen molar-refractivity contribution in [3.63, 3.8) is 0 Å². The lowest BCUT2D eigenvalue weighted by Crippen LogP contribution is -2.43. The molecule has 0 unspecified atom stereocenters. The van der Waals surface area contributed by atoms with Crippen molar-refractivity contribution in [1.82, 2.24) is 24.8 Å². The van der Waals surface area contributed by atoms with Gasteiger partial charge in [-0.2, -0.15) is 5.10 Å². The van der Waals surface area contributed by atoms with Gasteiger partial charge in [-0.05, 0) is 48.4 Å². The van der Waals surface area contributed by atoms with Crippen LogP contribution in [0.4, 0.5) is 5.82 Å². The first kappa shape index (κ1) is 23.5. The number of carboxylic acids is 1. The minimum atomic E-state index is -0.791. The predicted molar refractivity (Wildman–Crippen MR) is 138 cm³/mol. The summed E-state index contributed by atoms with van der Waals surface area (Å²) in [6.07, 6.45) is 2.76. The molecule has 4 heterocycles. The van der Waals surface area contributed by atoms with Crippen LogP contribution in [0.25, 0.3) is 26.0 Å². The van der Waals surface area contributed by atoms with E-state index in [1.54, 1.807) is 18.4 Å². The van der Waals surface area contributed by atoms with E-state index >= 15 is 0 Å². The highest BCUT2D eigenvalue weighted by atomic mass is 32.1. The van der Waals surface area contributed by atoms with Gasteiger partial charge < -0.3 is 20.9 Å². The zero-order valence-electron chi connectivity index (χ0n) is 20.0. The molecule has 0 radical (unpaired) electrons. The molecular weight excluding hydrogens is 464 g/mol. The number of nitrogens with one attached hydrogen (secondary N) is 1. The van der Waals surface area contributed by atoms with E-state index in [0.29, 0.717) is 18.7 Å². The van der Waals surface area contributed by atoms with Crippen LogP contribution in [0.3, 0.4) is 0 Å². The Bertz CT molecular complexity index is 1390. The van der Waals surface area contributed by atoms with E-state index < -0.39 is 5.97 Å². The van der Waals surface area contributed by atoms with Crippen LogP contribution in [0.15, 0.2) is 24.5 Å². The van der Waals surface area contributed by atoms with Crippen molar-refractivity contribution in [3.05, 3.63) is 41.3 Å². The van der Waals surface area contributed by atoms with Crippen LogP contribution in [-0.2, 0) is 17.8 Å². The molecule has 35 heavy (non-hydrogen) atoms. The van der Waals surface area contributed by atoms with E-state index in [0.717, 1.165) is 81.3 Å². The standard InChI is InChI=1S/C25H30N6O3S/c1-15-10-16-12-20(35-24(16)19(11-15)34-2)22-17(4-3-5-21(32)33)18(13-30-8-6-27-7-9-30)31-23(22)25(26)28-14-29-31/h10-12,14,27H,3-9,13H2,1-2H3,(H,32,33)(H2,26,28,29). The topological polar surface area (TPSA) is 118 Å². The number of benzene rings is 1. The molecule has 0 spiro atoms. The quantitative estimate of drug-likeness (QED) is 0.341. The second kappa shape index (κ2) is 9.80. The summed E-state index contributed by atoms with van der Waals surface area (Å²) in [4.78, 5) is 19.1. The molecule has 1 aliphatic rings. The number of nitrogens with zero attached hydrogens (tertiary/aromatic N) is 4. The van der Waals surface area contributed by atoms with Gasteiger partial charge in [-0.3, -0.25) is 9.69 Å². The van der Waals surface area contributed by atoms with Crippen LogP contribution in [-0.4, -0.2) is 63.9 Å². The van der Waals surface area contributed by atoms with Crippen molar-refractivity contribution in [2.45, 2.75) is 32.7 Å². The van der Waals surface area contributed by atoms with Crippen LogP contribution in [0.2, 0.25) is 0 Å². The zero-order chi connectivity index (χ0) is 24.5. The van der Waals surface area contributed by atoms with Crippen molar-refractivity contribution < 1.29 is 14.6 Å². The Kier molecular flexibility index (Phi) is 6.59. The number of nitrogen functional groups attached to an aromatic ring is 1. The van der Waals surface area contributed by atoms with Crippen molar-refractivity contribution in [1.29, 1.82) is 0 Å². The molecule has 4 N–H and O–H groups in total. The highest BCUT2D eigenvalue weighted by molar-refractivity contribution is 7.22. The molecule has 10 heteroatoms. The van der Waals surface area contributed by atoms with Crippen LogP contribution >= 0.6 is 11.3 Å². The maximum Gasteiger partial charge on any atom is 0.303 e. The van der Waals surface area contributed by atoms with Crippen molar-refractivity contribution in [2.24, 2.45) is 0 Å². The van der Waals surface area contributed by atoms with E-state index in [2.05, 4.69) is 39.4 Å². The maximum atomic E-state index is 11.3. The Labute approximate surface area is 207 Å². The number of fused-ring (bicyclic) bond motifs is 2. The first-order chi connectivity index (χ1) is 17.0. The third-order valence-electron chi connectivity index (χ3n) is 6.55. The summed E-state index contributed by atoms with van der Waals surface area (Å²) in [5.74, 6) is 0.472. The first-order valence-electron chi connectivity index (χ1n) is 11.8. The number of aliphatic carboxylic acids is 1. The molecule has 9 nitrogen and oxygen atoms in total. The number of nitrogens with two attached hydrogens (primary N) is 1. The molecule has 1 fully saturated rings. The summed E-state index contributed by atoms with van der Waals surface area (Å²) in [5.41, 5.74) is 11.5. The molecule has 184 valence electrons. The summed E-state index contributed by atoms with van der Waals surface area (Å²) >= 11 is 1.66. The van der Waals surface area contributed by atoms with Gasteiger partial charge >= 0.3 is 5.97 Å². The Balaban J connectivity index is 1.72. The maximum absolute atomic E-state index is 11.3. The molecule has 3 aromatic heterocycles. The van der Waals surface area contributed by atoms with Gasteiger partial charge in [-0.25, -0.2) is 9.50 Å². The van der Waals surface area contributed by atoms with Gasteiger partial charge in [0.2, 0.25) is 0 Å². The SMILES string of the molecule is COc1cc(C)cc2cc(-c3c(CCCC(=O)O)c(CN4CCNCC4)n4ncnc(N)c34)sc12. The Hall–Kier alpha value is -3.21. The third-order valence-corrected chi connectivity index (χ3v) is 7.74.